The Morgan fingerprint density at radius 1 is 1.41 bits per heavy atom. The smallest absolute Gasteiger partial charge is 0.0480 e. The van der Waals surface area contributed by atoms with Gasteiger partial charge in [0.05, 0.1) is 0 Å². The van der Waals surface area contributed by atoms with Crippen molar-refractivity contribution >= 4 is 11.8 Å². The number of hydrogen-bond acceptors (Lipinski definition) is 4. The van der Waals surface area contributed by atoms with Gasteiger partial charge in [-0.2, -0.15) is 11.8 Å². The van der Waals surface area contributed by atoms with Crippen LogP contribution in [0.2, 0.25) is 0 Å². The molecule has 3 nitrogen and oxygen atoms in total. The predicted molar refractivity (Wildman–Crippen MR) is 76.7 cm³/mol. The van der Waals surface area contributed by atoms with Crippen molar-refractivity contribution in [2.45, 2.75) is 43.4 Å². The van der Waals surface area contributed by atoms with Crippen molar-refractivity contribution in [2.24, 2.45) is 5.73 Å². The van der Waals surface area contributed by atoms with Crippen LogP contribution in [0.15, 0.2) is 0 Å². The van der Waals surface area contributed by atoms with E-state index in [0.29, 0.717) is 0 Å². The highest BCUT2D eigenvalue weighted by atomic mass is 32.2. The van der Waals surface area contributed by atoms with Crippen LogP contribution in [0.4, 0.5) is 0 Å². The van der Waals surface area contributed by atoms with Gasteiger partial charge in [0.25, 0.3) is 0 Å². The van der Waals surface area contributed by atoms with Gasteiger partial charge in [-0.15, -0.1) is 0 Å². The molecule has 0 bridgehead atoms. The first-order chi connectivity index (χ1) is 8.16. The SMILES string of the molecule is COCCC(C)(CN)N1CCCC(SC)CC1. The molecule has 1 heterocycles. The Labute approximate surface area is 110 Å². The van der Waals surface area contributed by atoms with Gasteiger partial charge in [-0.3, -0.25) is 4.90 Å². The van der Waals surface area contributed by atoms with Crippen LogP contribution in [0.5, 0.6) is 0 Å². The molecular formula is C13H28N2OS. The van der Waals surface area contributed by atoms with Gasteiger partial charge in [0.15, 0.2) is 0 Å². The van der Waals surface area contributed by atoms with Crippen molar-refractivity contribution in [2.75, 3.05) is 39.6 Å². The molecule has 0 aromatic rings. The Hall–Kier alpha value is 0.230. The summed E-state index contributed by atoms with van der Waals surface area (Å²) in [6.45, 7) is 6.18. The maximum atomic E-state index is 5.99. The monoisotopic (exact) mass is 260 g/mol. The minimum Gasteiger partial charge on any atom is -0.385 e. The van der Waals surface area contributed by atoms with E-state index in [-0.39, 0.29) is 5.54 Å². The Morgan fingerprint density at radius 3 is 2.76 bits per heavy atom. The lowest BCUT2D eigenvalue weighted by Crippen LogP contribution is -2.52. The minimum atomic E-state index is 0.114. The van der Waals surface area contributed by atoms with E-state index in [4.69, 9.17) is 10.5 Å². The second-order valence-electron chi connectivity index (χ2n) is 5.22. The molecule has 1 aliphatic heterocycles. The molecule has 1 fully saturated rings. The van der Waals surface area contributed by atoms with Gasteiger partial charge in [0.1, 0.15) is 0 Å². The minimum absolute atomic E-state index is 0.114. The topological polar surface area (TPSA) is 38.5 Å². The van der Waals surface area contributed by atoms with E-state index in [9.17, 15) is 0 Å². The van der Waals surface area contributed by atoms with E-state index in [2.05, 4.69) is 18.1 Å². The van der Waals surface area contributed by atoms with Crippen LogP contribution in [-0.2, 0) is 4.74 Å². The maximum absolute atomic E-state index is 5.99. The molecule has 4 heteroatoms. The number of thioether (sulfide) groups is 1. The van der Waals surface area contributed by atoms with E-state index < -0.39 is 0 Å². The molecule has 17 heavy (non-hydrogen) atoms. The van der Waals surface area contributed by atoms with E-state index >= 15 is 0 Å². The highest BCUT2D eigenvalue weighted by molar-refractivity contribution is 7.99. The number of nitrogens with two attached hydrogens (primary N) is 1. The zero-order valence-corrected chi connectivity index (χ0v) is 12.4. The number of rotatable bonds is 6. The Bertz CT molecular complexity index is 216. The fraction of sp³-hybridized carbons (Fsp3) is 1.00. The second-order valence-corrected chi connectivity index (χ2v) is 6.36. The van der Waals surface area contributed by atoms with E-state index in [1.165, 1.54) is 32.4 Å². The summed E-state index contributed by atoms with van der Waals surface area (Å²) in [5, 5.41) is 0.837. The van der Waals surface area contributed by atoms with Crippen molar-refractivity contribution in [1.29, 1.82) is 0 Å². The lowest BCUT2D eigenvalue weighted by molar-refractivity contribution is 0.0712. The van der Waals surface area contributed by atoms with Gasteiger partial charge >= 0.3 is 0 Å². The van der Waals surface area contributed by atoms with Crippen LogP contribution >= 0.6 is 11.8 Å². The molecule has 1 aliphatic rings. The number of methoxy groups -OCH3 is 1. The third-order valence-electron chi connectivity index (χ3n) is 4.06. The molecular weight excluding hydrogens is 232 g/mol. The van der Waals surface area contributed by atoms with Crippen LogP contribution < -0.4 is 5.73 Å². The summed E-state index contributed by atoms with van der Waals surface area (Å²) in [5.41, 5.74) is 6.11. The normalized spacial score (nSPS) is 26.5. The van der Waals surface area contributed by atoms with Crippen molar-refractivity contribution in [1.82, 2.24) is 4.90 Å². The quantitative estimate of drug-likeness (QED) is 0.792. The molecule has 0 spiro atoms. The van der Waals surface area contributed by atoms with Crippen molar-refractivity contribution < 1.29 is 4.74 Å². The van der Waals surface area contributed by atoms with Gasteiger partial charge in [0, 0.05) is 31.1 Å². The third kappa shape index (κ3) is 4.43. The third-order valence-corrected chi connectivity index (χ3v) is 5.19. The summed E-state index contributed by atoms with van der Waals surface area (Å²) in [6, 6.07) is 0. The molecule has 0 aromatic heterocycles. The molecule has 0 aliphatic carbocycles. The highest BCUT2D eigenvalue weighted by Crippen LogP contribution is 2.27. The standard InChI is InChI=1S/C13H28N2OS/c1-13(11-14,7-10-16-2)15-8-4-5-12(17-3)6-9-15/h12H,4-11,14H2,1-3H3. The average molecular weight is 260 g/mol. The Morgan fingerprint density at radius 2 is 2.18 bits per heavy atom. The fourth-order valence-electron chi connectivity index (χ4n) is 2.55. The molecule has 102 valence electrons. The first kappa shape index (κ1) is 15.3. The molecule has 1 rings (SSSR count). The van der Waals surface area contributed by atoms with Crippen LogP contribution in [-0.4, -0.2) is 55.3 Å². The Balaban J connectivity index is 2.55. The van der Waals surface area contributed by atoms with Crippen molar-refractivity contribution in [3.8, 4) is 0 Å². The maximum Gasteiger partial charge on any atom is 0.0480 e. The summed E-state index contributed by atoms with van der Waals surface area (Å²) in [7, 11) is 1.77. The van der Waals surface area contributed by atoms with Crippen LogP contribution in [0.1, 0.15) is 32.6 Å². The van der Waals surface area contributed by atoms with Crippen LogP contribution in [0.25, 0.3) is 0 Å². The van der Waals surface area contributed by atoms with Crippen LogP contribution in [0, 0.1) is 0 Å². The molecule has 0 saturated carbocycles. The van der Waals surface area contributed by atoms with Gasteiger partial charge in [0.2, 0.25) is 0 Å². The molecule has 2 atom stereocenters. The lowest BCUT2D eigenvalue weighted by atomic mass is 9.95. The van der Waals surface area contributed by atoms with E-state index in [1.807, 2.05) is 11.8 Å². The highest BCUT2D eigenvalue weighted by Gasteiger charge is 2.31. The second kappa shape index (κ2) is 7.62. The zero-order chi connectivity index (χ0) is 12.7. The molecule has 0 aromatic carbocycles. The van der Waals surface area contributed by atoms with E-state index in [1.54, 1.807) is 7.11 Å². The predicted octanol–water partition coefficient (Wildman–Crippen LogP) is 1.96. The largest absolute Gasteiger partial charge is 0.385 e. The summed E-state index contributed by atoms with van der Waals surface area (Å²) in [5.74, 6) is 0. The lowest BCUT2D eigenvalue weighted by Gasteiger charge is -2.40. The van der Waals surface area contributed by atoms with Gasteiger partial charge in [-0.1, -0.05) is 0 Å². The number of ether oxygens (including phenoxy) is 1. The van der Waals surface area contributed by atoms with Gasteiger partial charge in [-0.25, -0.2) is 0 Å². The average Bonchev–Trinajstić information content (AvgIpc) is 2.61. The summed E-state index contributed by atoms with van der Waals surface area (Å²) in [4.78, 5) is 2.59. The van der Waals surface area contributed by atoms with Gasteiger partial charge < -0.3 is 10.5 Å². The zero-order valence-electron chi connectivity index (χ0n) is 11.6. The van der Waals surface area contributed by atoms with Crippen molar-refractivity contribution in [3.05, 3.63) is 0 Å². The molecule has 0 amide bonds. The Kier molecular flexibility index (Phi) is 6.85. The summed E-state index contributed by atoms with van der Waals surface area (Å²) >= 11 is 2.01. The summed E-state index contributed by atoms with van der Waals surface area (Å²) < 4.78 is 5.22. The molecule has 2 N–H and O–H groups in total. The summed E-state index contributed by atoms with van der Waals surface area (Å²) in [6.07, 6.45) is 7.21. The molecule has 0 radical (unpaired) electrons. The first-order valence-corrected chi connectivity index (χ1v) is 7.92. The first-order valence-electron chi connectivity index (χ1n) is 6.63. The number of likely N-dealkylation sites (tertiary alicyclic amines) is 1. The van der Waals surface area contributed by atoms with Crippen molar-refractivity contribution in [3.63, 3.8) is 0 Å². The molecule has 2 unspecified atom stereocenters. The van der Waals surface area contributed by atoms with Gasteiger partial charge in [-0.05, 0) is 52.0 Å². The fourth-order valence-corrected chi connectivity index (χ4v) is 3.30. The number of nitrogens with zero attached hydrogens (tertiary/aromatic N) is 1. The number of hydrogen-bond donors (Lipinski definition) is 1. The van der Waals surface area contributed by atoms with E-state index in [0.717, 1.165) is 24.8 Å². The van der Waals surface area contributed by atoms with Crippen LogP contribution in [0.3, 0.4) is 0 Å². The molecule has 1 saturated heterocycles.